The monoisotopic (exact) mass is 291 g/mol. The van der Waals surface area contributed by atoms with Crippen LogP contribution >= 0.6 is 15.9 Å². The van der Waals surface area contributed by atoms with E-state index in [4.69, 9.17) is 0 Å². The largest absolute Gasteiger partial charge is 0.369 e. The number of anilines is 1. The van der Waals surface area contributed by atoms with E-state index in [1.807, 2.05) is 36.4 Å². The van der Waals surface area contributed by atoms with Gasteiger partial charge in [0.25, 0.3) is 0 Å². The lowest BCUT2D eigenvalue weighted by atomic mass is 10.1. The maximum Gasteiger partial charge on any atom is 0.148 e. The summed E-state index contributed by atoms with van der Waals surface area (Å²) in [7, 11) is 0. The maximum absolute atomic E-state index is 4.22. The number of hydrogen-bond acceptors (Lipinski definition) is 3. The maximum atomic E-state index is 4.22. The van der Waals surface area contributed by atoms with E-state index in [2.05, 4.69) is 38.4 Å². The van der Waals surface area contributed by atoms with Gasteiger partial charge in [0.15, 0.2) is 0 Å². The average Bonchev–Trinajstić information content (AvgIpc) is 2.38. The minimum Gasteiger partial charge on any atom is -0.369 e. The predicted octanol–water partition coefficient (Wildman–Crippen LogP) is 3.73. The van der Waals surface area contributed by atoms with Gasteiger partial charge in [-0.15, -0.1) is 10.2 Å². The molecule has 17 heavy (non-hydrogen) atoms. The topological polar surface area (TPSA) is 37.8 Å². The number of benzene rings is 1. The lowest BCUT2D eigenvalue weighted by Crippen LogP contribution is -2.02. The Labute approximate surface area is 109 Å². The van der Waals surface area contributed by atoms with E-state index in [1.165, 1.54) is 0 Å². The first-order valence-corrected chi connectivity index (χ1v) is 6.43. The van der Waals surface area contributed by atoms with Gasteiger partial charge in [0.05, 0.1) is 5.69 Å². The molecule has 88 valence electrons. The van der Waals surface area contributed by atoms with Crippen LogP contribution in [0.5, 0.6) is 0 Å². The first-order chi connectivity index (χ1) is 8.31. The molecule has 0 fully saturated rings. The van der Waals surface area contributed by atoms with Crippen LogP contribution in [0.15, 0.2) is 40.9 Å². The Morgan fingerprint density at radius 2 is 1.94 bits per heavy atom. The van der Waals surface area contributed by atoms with Gasteiger partial charge in [-0.1, -0.05) is 41.1 Å². The molecular formula is C13H14BrN3. The highest BCUT2D eigenvalue weighted by Crippen LogP contribution is 2.25. The van der Waals surface area contributed by atoms with Crippen molar-refractivity contribution in [3.05, 3.63) is 40.9 Å². The molecule has 2 rings (SSSR count). The summed E-state index contributed by atoms with van der Waals surface area (Å²) in [5.41, 5.74) is 1.93. The van der Waals surface area contributed by atoms with Gasteiger partial charge in [-0.05, 0) is 24.6 Å². The van der Waals surface area contributed by atoms with E-state index < -0.39 is 0 Å². The van der Waals surface area contributed by atoms with Gasteiger partial charge in [-0.3, -0.25) is 0 Å². The van der Waals surface area contributed by atoms with Gasteiger partial charge in [0, 0.05) is 16.6 Å². The second kappa shape index (κ2) is 5.77. The Kier molecular flexibility index (Phi) is 4.09. The molecule has 0 bridgehead atoms. The Balaban J connectivity index is 2.21. The Bertz CT molecular complexity index is 482. The fraction of sp³-hybridized carbons (Fsp3) is 0.231. The molecule has 4 heteroatoms. The molecule has 0 atom stereocenters. The fourth-order valence-electron chi connectivity index (χ4n) is 1.49. The first kappa shape index (κ1) is 12.0. The average molecular weight is 292 g/mol. The lowest BCUT2D eigenvalue weighted by molar-refractivity contribution is 0.945. The van der Waals surface area contributed by atoms with Crippen molar-refractivity contribution in [1.29, 1.82) is 0 Å². The Morgan fingerprint density at radius 1 is 1.12 bits per heavy atom. The van der Waals surface area contributed by atoms with Crippen molar-refractivity contribution in [3.63, 3.8) is 0 Å². The van der Waals surface area contributed by atoms with Crippen LogP contribution in [0.4, 0.5) is 5.82 Å². The zero-order valence-corrected chi connectivity index (χ0v) is 11.2. The summed E-state index contributed by atoms with van der Waals surface area (Å²) < 4.78 is 1.03. The quantitative estimate of drug-likeness (QED) is 0.933. The van der Waals surface area contributed by atoms with Crippen molar-refractivity contribution in [2.24, 2.45) is 0 Å². The lowest BCUT2D eigenvalue weighted by Gasteiger charge is -2.05. The highest BCUT2D eigenvalue weighted by atomic mass is 79.9. The smallest absolute Gasteiger partial charge is 0.148 e. The molecule has 0 aliphatic rings. The summed E-state index contributed by atoms with van der Waals surface area (Å²) in [5.74, 6) is 0.822. The summed E-state index contributed by atoms with van der Waals surface area (Å²) in [4.78, 5) is 0. The molecule has 1 aromatic heterocycles. The van der Waals surface area contributed by atoms with Crippen LogP contribution in [0, 0.1) is 0 Å². The number of aromatic nitrogens is 2. The molecule has 0 saturated heterocycles. The summed E-state index contributed by atoms with van der Waals surface area (Å²) >= 11 is 3.51. The highest BCUT2D eigenvalue weighted by molar-refractivity contribution is 9.10. The highest BCUT2D eigenvalue weighted by Gasteiger charge is 2.04. The molecule has 2 aromatic rings. The molecule has 1 aromatic carbocycles. The van der Waals surface area contributed by atoms with E-state index in [0.717, 1.165) is 34.5 Å². The van der Waals surface area contributed by atoms with Gasteiger partial charge in [-0.2, -0.15) is 0 Å². The molecule has 0 saturated carbocycles. The van der Waals surface area contributed by atoms with Crippen LogP contribution in [-0.2, 0) is 0 Å². The number of rotatable bonds is 4. The van der Waals surface area contributed by atoms with E-state index in [9.17, 15) is 0 Å². The van der Waals surface area contributed by atoms with Gasteiger partial charge in [-0.25, -0.2) is 0 Å². The third-order valence-corrected chi connectivity index (χ3v) is 3.06. The van der Waals surface area contributed by atoms with Gasteiger partial charge < -0.3 is 5.32 Å². The standard InChI is InChI=1S/C13H14BrN3/c1-2-9-15-13-8-7-12(16-17-13)10-5-3-4-6-11(10)14/h3-8H,2,9H2,1H3,(H,15,17). The van der Waals surface area contributed by atoms with Crippen LogP contribution < -0.4 is 5.32 Å². The molecular weight excluding hydrogens is 278 g/mol. The van der Waals surface area contributed by atoms with Crippen molar-refractivity contribution in [1.82, 2.24) is 10.2 Å². The van der Waals surface area contributed by atoms with Crippen LogP contribution in [0.2, 0.25) is 0 Å². The summed E-state index contributed by atoms with van der Waals surface area (Å²) in [6.45, 7) is 3.04. The molecule has 1 N–H and O–H groups in total. The van der Waals surface area contributed by atoms with Crippen LogP contribution in [0.3, 0.4) is 0 Å². The van der Waals surface area contributed by atoms with Crippen LogP contribution in [0.1, 0.15) is 13.3 Å². The van der Waals surface area contributed by atoms with Gasteiger partial charge >= 0.3 is 0 Å². The summed E-state index contributed by atoms with van der Waals surface area (Å²) in [6.07, 6.45) is 1.08. The van der Waals surface area contributed by atoms with E-state index in [-0.39, 0.29) is 0 Å². The second-order valence-electron chi connectivity index (χ2n) is 3.71. The molecule has 0 spiro atoms. The predicted molar refractivity (Wildman–Crippen MR) is 73.9 cm³/mol. The zero-order chi connectivity index (χ0) is 12.1. The third kappa shape index (κ3) is 3.03. The number of halogens is 1. The van der Waals surface area contributed by atoms with Crippen LogP contribution in [-0.4, -0.2) is 16.7 Å². The minimum absolute atomic E-state index is 0.822. The summed E-state index contributed by atoms with van der Waals surface area (Å²) in [5, 5.41) is 11.6. The van der Waals surface area contributed by atoms with Crippen LogP contribution in [0.25, 0.3) is 11.3 Å². The zero-order valence-electron chi connectivity index (χ0n) is 9.65. The summed E-state index contributed by atoms with van der Waals surface area (Å²) in [6, 6.07) is 11.9. The SMILES string of the molecule is CCCNc1ccc(-c2ccccc2Br)nn1. The van der Waals surface area contributed by atoms with Crippen molar-refractivity contribution in [2.75, 3.05) is 11.9 Å². The van der Waals surface area contributed by atoms with Crippen molar-refractivity contribution < 1.29 is 0 Å². The van der Waals surface area contributed by atoms with Gasteiger partial charge in [0.1, 0.15) is 5.82 Å². The molecule has 0 radical (unpaired) electrons. The molecule has 1 heterocycles. The number of nitrogens with zero attached hydrogens (tertiary/aromatic N) is 2. The fourth-order valence-corrected chi connectivity index (χ4v) is 1.98. The first-order valence-electron chi connectivity index (χ1n) is 5.63. The molecule has 0 amide bonds. The molecule has 0 aliphatic carbocycles. The molecule has 0 aliphatic heterocycles. The van der Waals surface area contributed by atoms with Crippen molar-refractivity contribution in [2.45, 2.75) is 13.3 Å². The molecule has 0 unspecified atom stereocenters. The van der Waals surface area contributed by atoms with E-state index in [1.54, 1.807) is 0 Å². The van der Waals surface area contributed by atoms with E-state index in [0.29, 0.717) is 0 Å². The third-order valence-electron chi connectivity index (χ3n) is 2.37. The van der Waals surface area contributed by atoms with Crippen molar-refractivity contribution >= 4 is 21.7 Å². The minimum atomic E-state index is 0.822. The van der Waals surface area contributed by atoms with Gasteiger partial charge in [0.2, 0.25) is 0 Å². The second-order valence-corrected chi connectivity index (χ2v) is 4.56. The molecule has 3 nitrogen and oxygen atoms in total. The normalized spacial score (nSPS) is 10.2. The number of nitrogens with one attached hydrogen (secondary N) is 1. The van der Waals surface area contributed by atoms with Crippen molar-refractivity contribution in [3.8, 4) is 11.3 Å². The van der Waals surface area contributed by atoms with E-state index >= 15 is 0 Å². The Morgan fingerprint density at radius 3 is 2.59 bits per heavy atom. The Hall–Kier alpha value is -1.42. The number of hydrogen-bond donors (Lipinski definition) is 1.